The number of thiocarbonyl (C=S) groups is 1. The monoisotopic (exact) mass is 591 g/mol. The predicted octanol–water partition coefficient (Wildman–Crippen LogP) is -0.441. The summed E-state index contributed by atoms with van der Waals surface area (Å²) in [5.41, 5.74) is 16.0. The van der Waals surface area contributed by atoms with Gasteiger partial charge in [-0.25, -0.2) is 14.8 Å². The minimum atomic E-state index is -1.71. The van der Waals surface area contributed by atoms with Crippen LogP contribution >= 0.6 is 35.3 Å². The second kappa shape index (κ2) is 11.1. The van der Waals surface area contributed by atoms with Crippen LogP contribution in [0.1, 0.15) is 12.6 Å². The molecule has 1 aromatic rings. The maximum atomic E-state index is 13.6. The van der Waals surface area contributed by atoms with E-state index in [0.717, 1.165) is 21.6 Å². The number of anilines is 1. The number of rotatable bonds is 10. The first kappa shape index (κ1) is 28.2. The van der Waals surface area contributed by atoms with Crippen molar-refractivity contribution in [3.05, 3.63) is 46.9 Å². The number of β-lactam (4-membered cyclic amide) rings is 1. The summed E-state index contributed by atoms with van der Waals surface area (Å²) in [7, 11) is 0. The molecule has 0 spiro atoms. The topological polar surface area (TPSA) is 215 Å². The van der Waals surface area contributed by atoms with Gasteiger partial charge in [-0.3, -0.25) is 14.5 Å². The molecule has 0 radical (unpaired) electrons. The van der Waals surface area contributed by atoms with E-state index in [2.05, 4.69) is 27.0 Å². The number of carbonyl (C=O) groups is 3. The molecule has 2 unspecified atom stereocenters. The second-order valence-corrected chi connectivity index (χ2v) is 10.5. The maximum Gasteiger partial charge on any atom is 0.353 e. The van der Waals surface area contributed by atoms with E-state index in [4.69, 9.17) is 34.3 Å². The quantitative estimate of drug-likeness (QED) is 0.0770. The van der Waals surface area contributed by atoms with Crippen molar-refractivity contribution in [3.63, 3.8) is 0 Å². The van der Waals surface area contributed by atoms with Gasteiger partial charge in [0.2, 0.25) is 0 Å². The van der Waals surface area contributed by atoms with Gasteiger partial charge in [0.15, 0.2) is 16.4 Å². The molecule has 0 bridgehead atoms. The molecular formula is C22H25N9O5S3. The van der Waals surface area contributed by atoms with E-state index in [1.165, 1.54) is 23.2 Å². The Morgan fingerprint density at radius 2 is 2.21 bits per heavy atom. The largest absolute Gasteiger partial charge is 0.477 e. The lowest BCUT2D eigenvalue weighted by Crippen LogP contribution is -2.81. The Bertz CT molecular complexity index is 1370. The van der Waals surface area contributed by atoms with Crippen LogP contribution in [0.2, 0.25) is 0 Å². The number of nitrogens with one attached hydrogen (secondary N) is 1. The lowest BCUT2D eigenvalue weighted by Gasteiger charge is -2.55. The van der Waals surface area contributed by atoms with Gasteiger partial charge in [-0.2, -0.15) is 0 Å². The number of carboxylic acid groups (broad SMARTS) is 1. The highest BCUT2D eigenvalue weighted by molar-refractivity contribution is 8.00. The molecule has 17 heteroatoms. The molecule has 1 aromatic heterocycles. The first-order chi connectivity index (χ1) is 18.6. The maximum absolute atomic E-state index is 13.6. The molecule has 4 heterocycles. The Morgan fingerprint density at radius 1 is 1.46 bits per heavy atom. The number of amides is 2. The van der Waals surface area contributed by atoms with Gasteiger partial charge < -0.3 is 37.4 Å². The lowest BCUT2D eigenvalue weighted by molar-refractivity contribution is -0.153. The van der Waals surface area contributed by atoms with Crippen LogP contribution in [0.4, 0.5) is 5.13 Å². The summed E-state index contributed by atoms with van der Waals surface area (Å²) in [5, 5.41) is 18.6. The van der Waals surface area contributed by atoms with Crippen molar-refractivity contribution in [2.75, 3.05) is 24.6 Å². The fourth-order valence-corrected chi connectivity index (χ4v) is 6.55. The van der Waals surface area contributed by atoms with Gasteiger partial charge in [0, 0.05) is 28.6 Å². The van der Waals surface area contributed by atoms with Crippen LogP contribution in [-0.2, 0) is 19.2 Å². The van der Waals surface area contributed by atoms with Crippen LogP contribution in [-0.4, -0.2) is 90.6 Å². The number of nitrogen functional groups attached to an aromatic ring is 1. The number of carboxylic acids is 1. The number of hydrogen-bond acceptors (Lipinski definition) is 14. The van der Waals surface area contributed by atoms with Crippen molar-refractivity contribution in [3.8, 4) is 0 Å². The van der Waals surface area contributed by atoms with Crippen LogP contribution < -0.4 is 22.5 Å². The fourth-order valence-electron chi connectivity index (χ4n) is 4.20. The number of amidine groups is 1. The number of nitrogens with two attached hydrogens (primary N) is 3. The van der Waals surface area contributed by atoms with Crippen LogP contribution in [0.5, 0.6) is 0 Å². The SMILES string of the molecule is C=CCN1C(C2=C(C(=O)O)N3C(=O)C(C=S)(NC(=O)/C(=N\OCC)c4csc(N)n4)[C@@H]3SC2)=NC(N)=CC1N. The molecule has 3 atom stereocenters. The minimum absolute atomic E-state index is 0.103. The average Bonchev–Trinajstić information content (AvgIpc) is 3.33. The molecule has 4 rings (SSSR count). The average molecular weight is 592 g/mol. The lowest BCUT2D eigenvalue weighted by atomic mass is 9.87. The molecular weight excluding hydrogens is 567 g/mol. The highest BCUT2D eigenvalue weighted by atomic mass is 32.2. The second-order valence-electron chi connectivity index (χ2n) is 8.30. The molecule has 3 aliphatic rings. The van der Waals surface area contributed by atoms with E-state index in [0.29, 0.717) is 0 Å². The number of carbonyl (C=O) groups excluding carboxylic acids is 2. The Labute approximate surface area is 236 Å². The number of aliphatic carboxylic acids is 1. The first-order valence-electron chi connectivity index (χ1n) is 11.4. The zero-order valence-corrected chi connectivity index (χ0v) is 23.0. The Morgan fingerprint density at radius 3 is 2.79 bits per heavy atom. The zero-order valence-electron chi connectivity index (χ0n) is 20.6. The molecule has 1 saturated heterocycles. The minimum Gasteiger partial charge on any atom is -0.477 e. The summed E-state index contributed by atoms with van der Waals surface area (Å²) >= 11 is 7.48. The van der Waals surface area contributed by atoms with Crippen LogP contribution in [0.25, 0.3) is 0 Å². The summed E-state index contributed by atoms with van der Waals surface area (Å²) in [6, 6.07) is 0. The van der Waals surface area contributed by atoms with Gasteiger partial charge in [0.1, 0.15) is 41.2 Å². The number of nitrogens with zero attached hydrogens (tertiary/aromatic N) is 5. The highest BCUT2D eigenvalue weighted by Gasteiger charge is 2.65. The Balaban J connectivity index is 1.70. The summed E-state index contributed by atoms with van der Waals surface area (Å²) in [4.78, 5) is 55.6. The molecule has 8 N–H and O–H groups in total. The van der Waals surface area contributed by atoms with E-state index in [1.807, 2.05) is 0 Å². The van der Waals surface area contributed by atoms with E-state index >= 15 is 0 Å². The van der Waals surface area contributed by atoms with E-state index in [-0.39, 0.29) is 58.4 Å². The molecule has 0 aromatic carbocycles. The third kappa shape index (κ3) is 4.88. The van der Waals surface area contributed by atoms with Gasteiger partial charge in [-0.05, 0) is 13.0 Å². The number of aliphatic imine (C=N–C) groups is 1. The van der Waals surface area contributed by atoms with Gasteiger partial charge in [-0.1, -0.05) is 23.4 Å². The van der Waals surface area contributed by atoms with Crippen LogP contribution in [0.3, 0.4) is 0 Å². The number of aromatic nitrogens is 1. The molecule has 0 aliphatic carbocycles. The number of thioether (sulfide) groups is 1. The third-order valence-corrected chi connectivity index (χ3v) is 8.29. The number of thiazole rings is 1. The number of hydrogen-bond donors (Lipinski definition) is 5. The first-order valence-corrected chi connectivity index (χ1v) is 13.8. The van der Waals surface area contributed by atoms with Gasteiger partial charge in [0.25, 0.3) is 11.8 Å². The van der Waals surface area contributed by atoms with Crippen LogP contribution in [0.15, 0.2) is 51.4 Å². The molecule has 3 aliphatic heterocycles. The van der Waals surface area contributed by atoms with Gasteiger partial charge in [0.05, 0.1) is 0 Å². The number of fused-ring (bicyclic) bond motifs is 1. The van der Waals surface area contributed by atoms with Crippen molar-refractivity contribution in [1.29, 1.82) is 0 Å². The fraction of sp³-hybridized carbons (Fsp3) is 0.318. The van der Waals surface area contributed by atoms with Crippen molar-refractivity contribution in [2.45, 2.75) is 24.0 Å². The predicted molar refractivity (Wildman–Crippen MR) is 152 cm³/mol. The highest BCUT2D eigenvalue weighted by Crippen LogP contribution is 2.46. The van der Waals surface area contributed by atoms with Gasteiger partial charge >= 0.3 is 5.97 Å². The number of oxime groups is 1. The normalized spacial score (nSPS) is 24.8. The molecule has 0 saturated carbocycles. The van der Waals surface area contributed by atoms with Crippen molar-refractivity contribution < 1.29 is 24.3 Å². The van der Waals surface area contributed by atoms with E-state index < -0.39 is 34.9 Å². The molecule has 39 heavy (non-hydrogen) atoms. The van der Waals surface area contributed by atoms with Gasteiger partial charge in [-0.15, -0.1) is 29.7 Å². The Hall–Kier alpha value is -3.80. The summed E-state index contributed by atoms with van der Waals surface area (Å²) < 4.78 is 0. The molecule has 14 nitrogen and oxygen atoms in total. The molecule has 206 valence electrons. The van der Waals surface area contributed by atoms with Crippen LogP contribution in [0, 0.1) is 0 Å². The zero-order chi connectivity index (χ0) is 28.5. The third-order valence-electron chi connectivity index (χ3n) is 5.89. The summed E-state index contributed by atoms with van der Waals surface area (Å²) in [5.74, 6) is -2.48. The van der Waals surface area contributed by atoms with Crippen molar-refractivity contribution in [2.24, 2.45) is 21.6 Å². The van der Waals surface area contributed by atoms with E-state index in [1.54, 1.807) is 17.9 Å². The summed E-state index contributed by atoms with van der Waals surface area (Å²) in [6.45, 7) is 5.82. The Kier molecular flexibility index (Phi) is 8.05. The van der Waals surface area contributed by atoms with Crippen molar-refractivity contribution >= 4 is 75.1 Å². The molecule has 2 amide bonds. The smallest absolute Gasteiger partial charge is 0.353 e. The summed E-state index contributed by atoms with van der Waals surface area (Å²) in [6.07, 6.45) is 2.42. The standard InChI is InChI=1S/C22H25N9O5S3/c1-3-5-30-13(24)6-12(23)27-16(30)10-7-38-20-22(9-37,19(35)31(20)15(10)18(33)34)28-17(32)14(29-36-4-2)11-8-39-21(25)26-11/h3,6,8-9,13,20H,1,4-5,7,23-24H2,2H3,(H2,25,26)(H,28,32)(H,33,34)/b29-14-/t13?,20-,22?/m0/s1. The van der Waals surface area contributed by atoms with Crippen molar-refractivity contribution in [1.82, 2.24) is 20.1 Å². The molecule has 1 fully saturated rings. The van der Waals surface area contributed by atoms with E-state index in [9.17, 15) is 19.5 Å².